The van der Waals surface area contributed by atoms with E-state index < -0.39 is 15.6 Å². The summed E-state index contributed by atoms with van der Waals surface area (Å²) >= 11 is 0. The number of anilines is 3. The van der Waals surface area contributed by atoms with Crippen LogP contribution in [0.2, 0.25) is 0 Å². The lowest BCUT2D eigenvalue weighted by atomic mass is 9.93. The summed E-state index contributed by atoms with van der Waals surface area (Å²) in [5, 5.41) is 15.7. The minimum Gasteiger partial charge on any atom is -0.396 e. The van der Waals surface area contributed by atoms with Gasteiger partial charge in [-0.3, -0.25) is 4.79 Å². The van der Waals surface area contributed by atoms with Gasteiger partial charge in [-0.1, -0.05) is 6.07 Å². The number of nitrogens with one attached hydrogen (secondary N) is 3. The molecule has 1 saturated heterocycles. The van der Waals surface area contributed by atoms with Crippen molar-refractivity contribution in [3.05, 3.63) is 42.0 Å². The number of nitrogens with zero attached hydrogens (tertiary/aromatic N) is 2. The van der Waals surface area contributed by atoms with Crippen molar-refractivity contribution in [2.75, 3.05) is 35.2 Å². The van der Waals surface area contributed by atoms with Crippen molar-refractivity contribution in [1.29, 1.82) is 0 Å². The van der Waals surface area contributed by atoms with E-state index in [1.54, 1.807) is 45.0 Å². The molecule has 2 heterocycles. The van der Waals surface area contributed by atoms with Gasteiger partial charge in [-0.25, -0.2) is 18.1 Å². The fraction of sp³-hybridized carbons (Fsp3) is 0.571. The molecule has 2 aliphatic rings. The van der Waals surface area contributed by atoms with Gasteiger partial charge in [0.15, 0.2) is 0 Å². The van der Waals surface area contributed by atoms with E-state index in [0.717, 1.165) is 25.9 Å². The van der Waals surface area contributed by atoms with Crippen LogP contribution in [0, 0.1) is 5.41 Å². The molecule has 9 nitrogen and oxygen atoms in total. The van der Waals surface area contributed by atoms with Gasteiger partial charge in [-0.2, -0.15) is 0 Å². The molecular weight excluding hydrogens is 502 g/mol. The molecule has 0 radical (unpaired) electrons. The summed E-state index contributed by atoms with van der Waals surface area (Å²) in [6.45, 7) is 11.1. The first-order chi connectivity index (χ1) is 17.7. The summed E-state index contributed by atoms with van der Waals surface area (Å²) in [5.41, 5.74) is 0.303. The number of aromatic nitrogens is 1. The van der Waals surface area contributed by atoms with Gasteiger partial charge in [-0.05, 0) is 102 Å². The Kier molecular flexibility index (Phi) is 7.80. The summed E-state index contributed by atoms with van der Waals surface area (Å²) in [7, 11) is -3.75. The second-order valence-electron chi connectivity index (χ2n) is 12.4. The van der Waals surface area contributed by atoms with Gasteiger partial charge in [0.1, 0.15) is 11.6 Å². The highest BCUT2D eigenvalue weighted by Gasteiger charge is 2.45. The lowest BCUT2D eigenvalue weighted by molar-refractivity contribution is 0.102. The van der Waals surface area contributed by atoms with Crippen molar-refractivity contribution >= 4 is 33.3 Å². The van der Waals surface area contributed by atoms with Crippen molar-refractivity contribution in [1.82, 2.24) is 9.71 Å². The van der Waals surface area contributed by atoms with Gasteiger partial charge in [0.25, 0.3) is 5.91 Å². The van der Waals surface area contributed by atoms with Crippen molar-refractivity contribution in [3.63, 3.8) is 0 Å². The molecule has 1 aliphatic heterocycles. The van der Waals surface area contributed by atoms with Crippen LogP contribution in [0.3, 0.4) is 0 Å². The zero-order valence-electron chi connectivity index (χ0n) is 23.1. The first-order valence-electron chi connectivity index (χ1n) is 13.3. The highest BCUT2D eigenvalue weighted by molar-refractivity contribution is 7.89. The molecular formula is C28H41N5O4S. The average Bonchev–Trinajstić information content (AvgIpc) is 3.56. The zero-order chi connectivity index (χ0) is 27.8. The first kappa shape index (κ1) is 28.3. The predicted molar refractivity (Wildman–Crippen MR) is 151 cm³/mol. The van der Waals surface area contributed by atoms with E-state index >= 15 is 0 Å². The molecule has 1 aliphatic carbocycles. The van der Waals surface area contributed by atoms with Crippen LogP contribution in [0.5, 0.6) is 0 Å². The smallest absolute Gasteiger partial charge is 0.259 e. The van der Waals surface area contributed by atoms with Gasteiger partial charge in [0, 0.05) is 36.5 Å². The number of piperidine rings is 1. The number of aliphatic hydroxyl groups excluding tert-OH is 1. The Morgan fingerprint density at radius 2 is 1.74 bits per heavy atom. The van der Waals surface area contributed by atoms with Crippen LogP contribution in [-0.2, 0) is 10.0 Å². The maximum atomic E-state index is 13.5. The summed E-state index contributed by atoms with van der Waals surface area (Å²) in [4.78, 5) is 20.6. The third-order valence-electron chi connectivity index (χ3n) is 7.25. The van der Waals surface area contributed by atoms with Crippen molar-refractivity contribution in [2.45, 2.75) is 82.7 Å². The van der Waals surface area contributed by atoms with E-state index in [0.29, 0.717) is 34.7 Å². The molecule has 2 aromatic rings. The largest absolute Gasteiger partial charge is 0.396 e. The molecule has 10 heteroatoms. The fourth-order valence-corrected chi connectivity index (χ4v) is 6.36. The number of amides is 1. The second kappa shape index (κ2) is 10.5. The van der Waals surface area contributed by atoms with E-state index in [1.807, 2.05) is 13.8 Å². The molecule has 1 aromatic carbocycles. The van der Waals surface area contributed by atoms with Crippen molar-refractivity contribution in [3.8, 4) is 0 Å². The van der Waals surface area contributed by atoms with Crippen LogP contribution in [0.25, 0.3) is 0 Å². The molecule has 2 fully saturated rings. The van der Waals surface area contributed by atoms with Crippen LogP contribution in [0.1, 0.15) is 77.1 Å². The fourth-order valence-electron chi connectivity index (χ4n) is 4.90. The quantitative estimate of drug-likeness (QED) is 0.370. The maximum absolute atomic E-state index is 13.5. The number of carbonyl (C=O) groups is 1. The summed E-state index contributed by atoms with van der Waals surface area (Å²) in [6.07, 6.45) is 5.29. The van der Waals surface area contributed by atoms with E-state index in [4.69, 9.17) is 4.98 Å². The topological polar surface area (TPSA) is 124 Å². The maximum Gasteiger partial charge on any atom is 0.259 e. The molecule has 1 spiro atoms. The van der Waals surface area contributed by atoms with Gasteiger partial charge in [-0.15, -0.1) is 0 Å². The molecule has 4 rings (SSSR count). The van der Waals surface area contributed by atoms with E-state index in [1.165, 1.54) is 25.0 Å². The highest BCUT2D eigenvalue weighted by atomic mass is 32.2. The van der Waals surface area contributed by atoms with Gasteiger partial charge >= 0.3 is 0 Å². The Morgan fingerprint density at radius 1 is 1.05 bits per heavy atom. The van der Waals surface area contributed by atoms with E-state index in [-0.39, 0.29) is 22.9 Å². The Bertz CT molecular complexity index is 1270. The predicted octanol–water partition coefficient (Wildman–Crippen LogP) is 4.36. The Labute approximate surface area is 226 Å². The molecule has 0 unspecified atom stereocenters. The number of hydrogen-bond donors (Lipinski definition) is 4. The molecule has 208 valence electrons. The average molecular weight is 544 g/mol. The van der Waals surface area contributed by atoms with Gasteiger partial charge in [0.2, 0.25) is 10.0 Å². The lowest BCUT2D eigenvalue weighted by Gasteiger charge is -2.34. The SMILES string of the molecule is CC(C)(C)NS(=O)(=O)c1cccc(NC(=O)c2ccc(NC(C)(C)CCO)nc2N2CCC3(CC2)CC3)c1. The molecule has 4 N–H and O–H groups in total. The molecule has 1 saturated carbocycles. The molecule has 0 atom stereocenters. The summed E-state index contributed by atoms with van der Waals surface area (Å²) < 4.78 is 28.3. The Morgan fingerprint density at radius 3 is 2.34 bits per heavy atom. The third kappa shape index (κ3) is 7.03. The zero-order valence-corrected chi connectivity index (χ0v) is 23.9. The number of hydrogen-bond acceptors (Lipinski definition) is 7. The van der Waals surface area contributed by atoms with E-state index in [2.05, 4.69) is 20.3 Å². The molecule has 38 heavy (non-hydrogen) atoms. The van der Waals surface area contributed by atoms with Crippen molar-refractivity contribution in [2.24, 2.45) is 5.41 Å². The number of sulfonamides is 1. The summed E-state index contributed by atoms with van der Waals surface area (Å²) in [5.74, 6) is 0.905. The van der Waals surface area contributed by atoms with Crippen LogP contribution >= 0.6 is 0 Å². The first-order valence-corrected chi connectivity index (χ1v) is 14.8. The van der Waals surface area contributed by atoms with Gasteiger partial charge in [0.05, 0.1) is 10.5 Å². The van der Waals surface area contributed by atoms with Crippen LogP contribution in [-0.4, -0.2) is 55.2 Å². The number of pyridine rings is 1. The van der Waals surface area contributed by atoms with E-state index in [9.17, 15) is 18.3 Å². The highest BCUT2D eigenvalue weighted by Crippen LogP contribution is 2.54. The summed E-state index contributed by atoms with van der Waals surface area (Å²) in [6, 6.07) is 9.79. The number of rotatable bonds is 9. The molecule has 1 aromatic heterocycles. The lowest BCUT2D eigenvalue weighted by Crippen LogP contribution is -2.40. The number of carbonyl (C=O) groups excluding carboxylic acids is 1. The Hall–Kier alpha value is -2.69. The Balaban J connectivity index is 1.60. The number of aliphatic hydroxyl groups is 1. The monoisotopic (exact) mass is 543 g/mol. The minimum atomic E-state index is -3.75. The number of benzene rings is 1. The van der Waals surface area contributed by atoms with Crippen LogP contribution in [0.4, 0.5) is 17.3 Å². The second-order valence-corrected chi connectivity index (χ2v) is 14.1. The van der Waals surface area contributed by atoms with Crippen LogP contribution < -0.4 is 20.3 Å². The van der Waals surface area contributed by atoms with Crippen molar-refractivity contribution < 1.29 is 18.3 Å². The molecule has 1 amide bonds. The van der Waals surface area contributed by atoms with Gasteiger partial charge < -0.3 is 20.6 Å². The normalized spacial score (nSPS) is 17.4. The standard InChI is InChI=1S/C28H41N5O4S/c1-26(2,3)32-38(36,37)21-8-6-7-20(19-21)29-25(35)22-9-10-23(31-27(4,5)15-18-34)30-24(22)33-16-13-28(11-12-28)14-17-33/h6-10,19,32,34H,11-18H2,1-5H3,(H,29,35)(H,30,31). The minimum absolute atomic E-state index is 0.0572. The molecule has 0 bridgehead atoms. The third-order valence-corrected chi connectivity index (χ3v) is 9.00. The van der Waals surface area contributed by atoms with Crippen LogP contribution in [0.15, 0.2) is 41.3 Å².